The predicted molar refractivity (Wildman–Crippen MR) is 59.2 cm³/mol. The molecule has 0 bridgehead atoms. The van der Waals surface area contributed by atoms with E-state index in [0.717, 1.165) is 12.1 Å². The number of nitrogens with two attached hydrogens (primary N) is 1. The van der Waals surface area contributed by atoms with Crippen molar-refractivity contribution in [1.82, 2.24) is 20.3 Å². The topological polar surface area (TPSA) is 81.1 Å². The van der Waals surface area contributed by atoms with Gasteiger partial charge in [0.1, 0.15) is 0 Å². The summed E-state index contributed by atoms with van der Waals surface area (Å²) in [4.78, 5) is 4.20. The Morgan fingerprint density at radius 1 is 1.73 bits per heavy atom. The van der Waals surface area contributed by atoms with Gasteiger partial charge >= 0.3 is 0 Å². The van der Waals surface area contributed by atoms with E-state index < -0.39 is 0 Å². The first-order valence-electron chi connectivity index (χ1n) is 5.03. The van der Waals surface area contributed by atoms with Crippen LogP contribution in [0.2, 0.25) is 0 Å². The van der Waals surface area contributed by atoms with Crippen LogP contribution < -0.4 is 11.1 Å². The predicted octanol–water partition coefficient (Wildman–Crippen LogP) is 0.0179. The summed E-state index contributed by atoms with van der Waals surface area (Å²) in [7, 11) is 1.83. The van der Waals surface area contributed by atoms with Crippen molar-refractivity contribution in [2.45, 2.75) is 32.9 Å². The molecule has 1 aromatic heterocycles. The van der Waals surface area contributed by atoms with Gasteiger partial charge in [-0.05, 0) is 13.3 Å². The standard InChI is InChI=1S/C9H18N6/c1-4-7(2)13-9(10)11-5-8-6-12-14-15(8)3/h6-7H,4-5H2,1-3H3,(H3,10,11,13). The summed E-state index contributed by atoms with van der Waals surface area (Å²) in [6.45, 7) is 4.66. The molecule has 1 rings (SSSR count). The number of aromatic nitrogens is 3. The van der Waals surface area contributed by atoms with Crippen LogP contribution in [0.3, 0.4) is 0 Å². The van der Waals surface area contributed by atoms with Crippen LogP contribution in [0.15, 0.2) is 11.2 Å². The summed E-state index contributed by atoms with van der Waals surface area (Å²) in [6, 6.07) is 0.346. The number of nitrogens with zero attached hydrogens (tertiary/aromatic N) is 4. The maximum atomic E-state index is 5.71. The third-order valence-corrected chi connectivity index (χ3v) is 2.23. The first kappa shape index (κ1) is 11.5. The van der Waals surface area contributed by atoms with Crippen molar-refractivity contribution in [3.05, 3.63) is 11.9 Å². The van der Waals surface area contributed by atoms with Crippen LogP contribution in [0.1, 0.15) is 26.0 Å². The molecule has 0 radical (unpaired) electrons. The second-order valence-corrected chi connectivity index (χ2v) is 3.50. The Morgan fingerprint density at radius 2 is 2.47 bits per heavy atom. The Morgan fingerprint density at radius 3 is 3.00 bits per heavy atom. The Hall–Kier alpha value is -1.59. The van der Waals surface area contributed by atoms with Crippen LogP contribution in [0.25, 0.3) is 0 Å². The average Bonchev–Trinajstić information content (AvgIpc) is 2.61. The van der Waals surface area contributed by atoms with Crippen molar-refractivity contribution in [1.29, 1.82) is 0 Å². The molecule has 0 amide bonds. The number of aryl methyl sites for hydroxylation is 1. The van der Waals surface area contributed by atoms with Gasteiger partial charge in [-0.15, -0.1) is 5.10 Å². The zero-order chi connectivity index (χ0) is 11.3. The smallest absolute Gasteiger partial charge is 0.189 e. The van der Waals surface area contributed by atoms with Crippen LogP contribution in [-0.4, -0.2) is 27.0 Å². The third-order valence-electron chi connectivity index (χ3n) is 2.23. The van der Waals surface area contributed by atoms with E-state index in [2.05, 4.69) is 34.5 Å². The molecule has 0 aliphatic rings. The van der Waals surface area contributed by atoms with Gasteiger partial charge in [0.05, 0.1) is 18.4 Å². The highest BCUT2D eigenvalue weighted by Crippen LogP contribution is 1.95. The minimum absolute atomic E-state index is 0.346. The summed E-state index contributed by atoms with van der Waals surface area (Å²) in [6.07, 6.45) is 2.70. The molecule has 0 saturated heterocycles. The Balaban J connectivity index is 2.47. The molecular formula is C9H18N6. The first-order chi connectivity index (χ1) is 7.13. The van der Waals surface area contributed by atoms with Gasteiger partial charge in [-0.25, -0.2) is 4.99 Å². The highest BCUT2D eigenvalue weighted by atomic mass is 15.4. The molecule has 84 valence electrons. The number of nitrogens with one attached hydrogen (secondary N) is 1. The van der Waals surface area contributed by atoms with E-state index in [1.807, 2.05) is 7.05 Å². The monoisotopic (exact) mass is 210 g/mol. The summed E-state index contributed by atoms with van der Waals surface area (Å²) in [5, 5.41) is 10.7. The maximum Gasteiger partial charge on any atom is 0.189 e. The molecule has 0 saturated carbocycles. The molecular weight excluding hydrogens is 192 g/mol. The van der Waals surface area contributed by atoms with E-state index in [4.69, 9.17) is 5.73 Å². The molecule has 1 unspecified atom stereocenters. The van der Waals surface area contributed by atoms with Crippen LogP contribution in [0, 0.1) is 0 Å². The average molecular weight is 210 g/mol. The molecule has 1 aromatic rings. The van der Waals surface area contributed by atoms with Crippen LogP contribution in [0.4, 0.5) is 0 Å². The van der Waals surface area contributed by atoms with E-state index in [1.54, 1.807) is 10.9 Å². The second-order valence-electron chi connectivity index (χ2n) is 3.50. The van der Waals surface area contributed by atoms with Gasteiger partial charge in [0.25, 0.3) is 0 Å². The molecule has 0 aliphatic heterocycles. The number of hydrogen-bond donors (Lipinski definition) is 2. The Bertz CT molecular complexity index is 329. The normalized spacial score (nSPS) is 13.9. The van der Waals surface area contributed by atoms with Crippen LogP contribution in [0.5, 0.6) is 0 Å². The van der Waals surface area contributed by atoms with E-state index >= 15 is 0 Å². The molecule has 1 heterocycles. The zero-order valence-electron chi connectivity index (χ0n) is 9.44. The van der Waals surface area contributed by atoms with E-state index in [0.29, 0.717) is 18.5 Å². The molecule has 6 nitrogen and oxygen atoms in total. The van der Waals surface area contributed by atoms with Gasteiger partial charge in [-0.3, -0.25) is 4.68 Å². The fraction of sp³-hybridized carbons (Fsp3) is 0.667. The summed E-state index contributed by atoms with van der Waals surface area (Å²) in [5.74, 6) is 0.463. The molecule has 0 aromatic carbocycles. The van der Waals surface area contributed by atoms with Crippen molar-refractivity contribution < 1.29 is 0 Å². The molecule has 3 N–H and O–H groups in total. The van der Waals surface area contributed by atoms with Crippen molar-refractivity contribution in [3.8, 4) is 0 Å². The van der Waals surface area contributed by atoms with Crippen molar-refractivity contribution >= 4 is 5.96 Å². The van der Waals surface area contributed by atoms with Gasteiger partial charge in [0.2, 0.25) is 0 Å². The highest BCUT2D eigenvalue weighted by molar-refractivity contribution is 5.78. The zero-order valence-corrected chi connectivity index (χ0v) is 9.44. The number of rotatable bonds is 4. The molecule has 6 heteroatoms. The lowest BCUT2D eigenvalue weighted by Gasteiger charge is -2.11. The largest absolute Gasteiger partial charge is 0.370 e. The minimum atomic E-state index is 0.346. The summed E-state index contributed by atoms with van der Waals surface area (Å²) in [5.41, 5.74) is 6.64. The van der Waals surface area contributed by atoms with Gasteiger partial charge in [0, 0.05) is 13.1 Å². The SMILES string of the molecule is CCC(C)NC(N)=NCc1cnnn1C. The molecule has 15 heavy (non-hydrogen) atoms. The number of hydrogen-bond acceptors (Lipinski definition) is 3. The Labute approximate surface area is 89.6 Å². The van der Waals surface area contributed by atoms with E-state index in [9.17, 15) is 0 Å². The van der Waals surface area contributed by atoms with Crippen molar-refractivity contribution in [2.75, 3.05) is 0 Å². The summed E-state index contributed by atoms with van der Waals surface area (Å²) < 4.78 is 1.68. The van der Waals surface area contributed by atoms with Gasteiger partial charge in [-0.2, -0.15) is 0 Å². The van der Waals surface area contributed by atoms with Crippen molar-refractivity contribution in [2.24, 2.45) is 17.8 Å². The number of guanidine groups is 1. The lowest BCUT2D eigenvalue weighted by atomic mass is 10.3. The number of aliphatic imine (C=N–C) groups is 1. The molecule has 0 aliphatic carbocycles. The quantitative estimate of drug-likeness (QED) is 0.542. The van der Waals surface area contributed by atoms with Gasteiger partial charge in [-0.1, -0.05) is 12.1 Å². The van der Waals surface area contributed by atoms with E-state index in [1.165, 1.54) is 0 Å². The maximum absolute atomic E-state index is 5.71. The second kappa shape index (κ2) is 5.33. The lowest BCUT2D eigenvalue weighted by molar-refractivity contribution is 0.634. The molecule has 0 fully saturated rings. The van der Waals surface area contributed by atoms with Gasteiger partial charge in [0.15, 0.2) is 5.96 Å². The fourth-order valence-electron chi connectivity index (χ4n) is 1.02. The Kier molecular flexibility index (Phi) is 4.08. The highest BCUT2D eigenvalue weighted by Gasteiger charge is 2.01. The van der Waals surface area contributed by atoms with Crippen molar-refractivity contribution in [3.63, 3.8) is 0 Å². The molecule has 1 atom stereocenters. The molecule has 0 spiro atoms. The van der Waals surface area contributed by atoms with Gasteiger partial charge < -0.3 is 11.1 Å². The van der Waals surface area contributed by atoms with Crippen LogP contribution >= 0.6 is 0 Å². The fourth-order valence-corrected chi connectivity index (χ4v) is 1.02. The lowest BCUT2D eigenvalue weighted by Crippen LogP contribution is -2.38. The third kappa shape index (κ3) is 3.57. The van der Waals surface area contributed by atoms with E-state index in [-0.39, 0.29) is 0 Å². The summed E-state index contributed by atoms with van der Waals surface area (Å²) >= 11 is 0. The first-order valence-corrected chi connectivity index (χ1v) is 5.03. The minimum Gasteiger partial charge on any atom is -0.370 e. The van der Waals surface area contributed by atoms with Crippen LogP contribution in [-0.2, 0) is 13.6 Å².